The smallest absolute Gasteiger partial charge is 0.246 e. The summed E-state index contributed by atoms with van der Waals surface area (Å²) in [5, 5.41) is 7.25. The van der Waals surface area contributed by atoms with Crippen molar-refractivity contribution in [1.82, 2.24) is 14.7 Å². The summed E-state index contributed by atoms with van der Waals surface area (Å²) < 4.78 is 20.7. The third-order valence-corrected chi connectivity index (χ3v) is 4.94. The minimum Gasteiger partial charge on any atom is -0.379 e. The topological polar surface area (TPSA) is 59.4 Å². The lowest BCUT2D eigenvalue weighted by atomic mass is 10.0. The Morgan fingerprint density at radius 1 is 1.14 bits per heavy atom. The maximum atomic E-state index is 13.4. The van der Waals surface area contributed by atoms with E-state index < -0.39 is 6.04 Å². The van der Waals surface area contributed by atoms with Gasteiger partial charge in [-0.1, -0.05) is 24.3 Å². The van der Waals surface area contributed by atoms with Gasteiger partial charge in [-0.3, -0.25) is 14.4 Å². The number of halogens is 1. The van der Waals surface area contributed by atoms with E-state index in [1.54, 1.807) is 18.3 Å². The fraction of sp³-hybridized carbons (Fsp3) is 0.273. The van der Waals surface area contributed by atoms with Crippen LogP contribution in [0.4, 0.5) is 10.1 Å². The van der Waals surface area contributed by atoms with Crippen molar-refractivity contribution in [2.75, 3.05) is 31.6 Å². The number of morpholine rings is 1. The van der Waals surface area contributed by atoms with Gasteiger partial charge in [0.15, 0.2) is 0 Å². The molecule has 3 aromatic rings. The molecular weight excluding hydrogens is 371 g/mol. The molecule has 1 aliphatic heterocycles. The summed E-state index contributed by atoms with van der Waals surface area (Å²) in [4.78, 5) is 15.3. The van der Waals surface area contributed by atoms with E-state index in [4.69, 9.17) is 4.74 Å². The molecule has 0 radical (unpaired) electrons. The van der Waals surface area contributed by atoms with Crippen LogP contribution in [0, 0.1) is 5.82 Å². The molecule has 2 heterocycles. The Morgan fingerprint density at radius 2 is 1.93 bits per heavy atom. The average molecular weight is 394 g/mol. The van der Waals surface area contributed by atoms with Crippen LogP contribution in [0.2, 0.25) is 0 Å². The quantitative estimate of drug-likeness (QED) is 0.698. The number of anilines is 1. The maximum Gasteiger partial charge on any atom is 0.246 e. The Labute approximate surface area is 168 Å². The molecule has 7 heteroatoms. The summed E-state index contributed by atoms with van der Waals surface area (Å²) in [5.74, 6) is -0.462. The zero-order valence-electron chi connectivity index (χ0n) is 16.0. The minimum absolute atomic E-state index is 0.144. The number of hydrogen-bond acceptors (Lipinski definition) is 4. The van der Waals surface area contributed by atoms with Gasteiger partial charge in [-0.25, -0.2) is 4.39 Å². The van der Waals surface area contributed by atoms with Gasteiger partial charge in [-0.15, -0.1) is 0 Å². The molecule has 150 valence electrons. The Balaban J connectivity index is 1.53. The van der Waals surface area contributed by atoms with E-state index in [-0.39, 0.29) is 11.7 Å². The van der Waals surface area contributed by atoms with Gasteiger partial charge < -0.3 is 10.1 Å². The molecule has 0 bridgehead atoms. The second kappa shape index (κ2) is 8.98. The SMILES string of the molecule is O=C(Nc1cccc(Cn2cccn2)c1)C(c1ccc(F)cc1)N1CCOCC1. The van der Waals surface area contributed by atoms with Crippen molar-refractivity contribution in [1.29, 1.82) is 0 Å². The first kappa shape index (κ1) is 19.3. The van der Waals surface area contributed by atoms with Crippen molar-refractivity contribution in [3.8, 4) is 0 Å². The molecule has 1 aliphatic rings. The lowest BCUT2D eigenvalue weighted by Gasteiger charge is -2.33. The van der Waals surface area contributed by atoms with Gasteiger partial charge in [0, 0.05) is 31.2 Å². The van der Waals surface area contributed by atoms with Crippen molar-refractivity contribution in [2.24, 2.45) is 0 Å². The zero-order valence-corrected chi connectivity index (χ0v) is 16.0. The Morgan fingerprint density at radius 3 is 2.66 bits per heavy atom. The molecular formula is C22H23FN4O2. The first-order chi connectivity index (χ1) is 14.2. The molecule has 1 saturated heterocycles. The van der Waals surface area contributed by atoms with Crippen LogP contribution < -0.4 is 5.32 Å². The summed E-state index contributed by atoms with van der Waals surface area (Å²) in [6, 6.07) is 15.2. The second-order valence-corrected chi connectivity index (χ2v) is 7.00. The van der Waals surface area contributed by atoms with E-state index in [9.17, 15) is 9.18 Å². The van der Waals surface area contributed by atoms with Gasteiger partial charge in [-0.05, 0) is 41.5 Å². The number of rotatable bonds is 6. The van der Waals surface area contributed by atoms with E-state index in [0.29, 0.717) is 32.8 Å². The highest BCUT2D eigenvalue weighted by Gasteiger charge is 2.29. The molecule has 1 fully saturated rings. The number of aromatic nitrogens is 2. The fourth-order valence-electron chi connectivity index (χ4n) is 3.55. The number of hydrogen-bond donors (Lipinski definition) is 1. The van der Waals surface area contributed by atoms with Gasteiger partial charge in [0.1, 0.15) is 11.9 Å². The highest BCUT2D eigenvalue weighted by atomic mass is 19.1. The lowest BCUT2D eigenvalue weighted by Crippen LogP contribution is -2.43. The molecule has 4 rings (SSSR count). The molecule has 1 aromatic heterocycles. The maximum absolute atomic E-state index is 13.4. The second-order valence-electron chi connectivity index (χ2n) is 7.00. The third-order valence-electron chi connectivity index (χ3n) is 4.94. The van der Waals surface area contributed by atoms with Crippen LogP contribution in [0.3, 0.4) is 0 Å². The molecule has 2 aromatic carbocycles. The van der Waals surface area contributed by atoms with E-state index in [0.717, 1.165) is 16.8 Å². The Kier molecular flexibility index (Phi) is 5.97. The molecule has 1 atom stereocenters. The lowest BCUT2D eigenvalue weighted by molar-refractivity contribution is -0.123. The number of amides is 1. The number of nitrogens with zero attached hydrogens (tertiary/aromatic N) is 3. The van der Waals surface area contributed by atoms with Crippen molar-refractivity contribution in [2.45, 2.75) is 12.6 Å². The largest absolute Gasteiger partial charge is 0.379 e. The van der Waals surface area contributed by atoms with E-state index in [1.165, 1.54) is 12.1 Å². The number of ether oxygens (including phenoxy) is 1. The van der Waals surface area contributed by atoms with Gasteiger partial charge in [0.05, 0.1) is 19.8 Å². The van der Waals surface area contributed by atoms with E-state index in [2.05, 4.69) is 15.3 Å². The van der Waals surface area contributed by atoms with Gasteiger partial charge in [0.25, 0.3) is 0 Å². The Hall–Kier alpha value is -3.03. The number of carbonyl (C=O) groups is 1. The molecule has 0 aliphatic carbocycles. The summed E-state index contributed by atoms with van der Waals surface area (Å²) in [6.45, 7) is 3.07. The average Bonchev–Trinajstić information content (AvgIpc) is 3.24. The van der Waals surface area contributed by atoms with Gasteiger partial charge in [-0.2, -0.15) is 5.10 Å². The first-order valence-corrected chi connectivity index (χ1v) is 9.63. The monoisotopic (exact) mass is 394 g/mol. The predicted octanol–water partition coefficient (Wildman–Crippen LogP) is 3.08. The van der Waals surface area contributed by atoms with Crippen LogP contribution in [0.5, 0.6) is 0 Å². The fourth-order valence-corrected chi connectivity index (χ4v) is 3.55. The summed E-state index contributed by atoms with van der Waals surface area (Å²) >= 11 is 0. The molecule has 1 unspecified atom stereocenters. The molecule has 6 nitrogen and oxygen atoms in total. The third kappa shape index (κ3) is 4.88. The van der Waals surface area contributed by atoms with Gasteiger partial charge >= 0.3 is 0 Å². The number of benzene rings is 2. The van der Waals surface area contributed by atoms with Crippen molar-refractivity contribution in [3.63, 3.8) is 0 Å². The van der Waals surface area contributed by atoms with Crippen molar-refractivity contribution >= 4 is 11.6 Å². The Bertz CT molecular complexity index is 938. The molecule has 0 saturated carbocycles. The van der Waals surface area contributed by atoms with Crippen molar-refractivity contribution in [3.05, 3.63) is 83.9 Å². The van der Waals surface area contributed by atoms with Crippen LogP contribution in [0.1, 0.15) is 17.2 Å². The van der Waals surface area contributed by atoms with Crippen LogP contribution >= 0.6 is 0 Å². The molecule has 29 heavy (non-hydrogen) atoms. The highest BCUT2D eigenvalue weighted by Crippen LogP contribution is 2.24. The standard InChI is InChI=1S/C22H23FN4O2/c23-19-7-5-18(6-8-19)21(26-11-13-29-14-12-26)22(28)25-20-4-1-3-17(15-20)16-27-10-2-9-24-27/h1-10,15,21H,11-14,16H2,(H,25,28). The summed E-state index contributed by atoms with van der Waals surface area (Å²) in [6.07, 6.45) is 3.63. The number of nitrogens with one attached hydrogen (secondary N) is 1. The summed E-state index contributed by atoms with van der Waals surface area (Å²) in [7, 11) is 0. The molecule has 0 spiro atoms. The molecule has 1 N–H and O–H groups in total. The predicted molar refractivity (Wildman–Crippen MR) is 108 cm³/mol. The van der Waals surface area contributed by atoms with E-state index >= 15 is 0 Å². The first-order valence-electron chi connectivity index (χ1n) is 9.63. The van der Waals surface area contributed by atoms with Crippen LogP contribution in [0.25, 0.3) is 0 Å². The van der Waals surface area contributed by atoms with E-state index in [1.807, 2.05) is 41.2 Å². The number of carbonyl (C=O) groups excluding carboxylic acids is 1. The highest BCUT2D eigenvalue weighted by molar-refractivity contribution is 5.95. The molecule has 1 amide bonds. The normalized spacial score (nSPS) is 15.8. The van der Waals surface area contributed by atoms with Crippen LogP contribution in [-0.4, -0.2) is 46.9 Å². The van der Waals surface area contributed by atoms with Gasteiger partial charge in [0.2, 0.25) is 5.91 Å². The van der Waals surface area contributed by atoms with Crippen LogP contribution in [0.15, 0.2) is 67.0 Å². The van der Waals surface area contributed by atoms with Crippen molar-refractivity contribution < 1.29 is 13.9 Å². The minimum atomic E-state index is -0.505. The zero-order chi connectivity index (χ0) is 20.1. The van der Waals surface area contributed by atoms with Crippen LogP contribution in [-0.2, 0) is 16.1 Å². The summed E-state index contributed by atoms with van der Waals surface area (Å²) in [5.41, 5.74) is 2.52.